The first-order chi connectivity index (χ1) is 8.47. The van der Waals surface area contributed by atoms with Gasteiger partial charge in [-0.2, -0.15) is 13.2 Å². The van der Waals surface area contributed by atoms with Crippen LogP contribution in [0.25, 0.3) is 0 Å². The highest BCUT2D eigenvalue weighted by Gasteiger charge is 2.35. The Morgan fingerprint density at radius 3 is 2.56 bits per heavy atom. The summed E-state index contributed by atoms with van der Waals surface area (Å²) in [5, 5.41) is 2.92. The van der Waals surface area contributed by atoms with Crippen LogP contribution in [0.4, 0.5) is 13.2 Å². The highest BCUT2D eigenvalue weighted by atomic mass is 19.4. The van der Waals surface area contributed by atoms with Crippen molar-refractivity contribution in [3.8, 4) is 0 Å². The number of carbonyl (C=O) groups excluding carboxylic acids is 1. The number of alkyl halides is 3. The predicted molar refractivity (Wildman–Crippen MR) is 59.6 cm³/mol. The molecule has 0 radical (unpaired) electrons. The van der Waals surface area contributed by atoms with Crippen LogP contribution in [0.5, 0.6) is 0 Å². The molecule has 3 nitrogen and oxygen atoms in total. The van der Waals surface area contributed by atoms with Gasteiger partial charge in [-0.25, -0.2) is 0 Å². The van der Waals surface area contributed by atoms with Crippen molar-refractivity contribution in [2.75, 3.05) is 13.2 Å². The van der Waals surface area contributed by atoms with Crippen molar-refractivity contribution in [1.29, 1.82) is 0 Å². The van der Waals surface area contributed by atoms with E-state index in [0.29, 0.717) is 0 Å². The van der Waals surface area contributed by atoms with E-state index in [-0.39, 0.29) is 19.1 Å². The summed E-state index contributed by atoms with van der Waals surface area (Å²) in [4.78, 5) is 13.1. The molecule has 1 aliphatic rings. The van der Waals surface area contributed by atoms with E-state index in [1.165, 1.54) is 4.90 Å². The van der Waals surface area contributed by atoms with Crippen LogP contribution in [0.2, 0.25) is 0 Å². The zero-order valence-electron chi connectivity index (χ0n) is 9.57. The topological polar surface area (TPSA) is 32.3 Å². The predicted octanol–water partition coefficient (Wildman–Crippen LogP) is 2.07. The van der Waals surface area contributed by atoms with Gasteiger partial charge in [0.15, 0.2) is 0 Å². The molecule has 2 rings (SSSR count). The molecule has 1 heterocycles. The summed E-state index contributed by atoms with van der Waals surface area (Å²) in [5.74, 6) is -0.301. The molecule has 0 saturated carbocycles. The van der Waals surface area contributed by atoms with Gasteiger partial charge in [-0.3, -0.25) is 10.1 Å². The number of hydrogen-bond donors (Lipinski definition) is 1. The zero-order valence-corrected chi connectivity index (χ0v) is 9.57. The third-order valence-corrected chi connectivity index (χ3v) is 2.84. The maximum Gasteiger partial charge on any atom is 0.390 e. The van der Waals surface area contributed by atoms with E-state index in [2.05, 4.69) is 5.32 Å². The second-order valence-corrected chi connectivity index (χ2v) is 4.17. The Morgan fingerprint density at radius 2 is 1.94 bits per heavy atom. The first-order valence-corrected chi connectivity index (χ1v) is 5.61. The van der Waals surface area contributed by atoms with Gasteiger partial charge < -0.3 is 4.90 Å². The van der Waals surface area contributed by atoms with Crippen LogP contribution in [-0.2, 0) is 4.79 Å². The lowest BCUT2D eigenvalue weighted by molar-refractivity contribution is -0.143. The first kappa shape index (κ1) is 12.9. The maximum atomic E-state index is 12.1. The van der Waals surface area contributed by atoms with Gasteiger partial charge in [-0.05, 0) is 5.56 Å². The molecule has 18 heavy (non-hydrogen) atoms. The molecule has 1 aromatic rings. The van der Waals surface area contributed by atoms with Gasteiger partial charge in [-0.15, -0.1) is 0 Å². The lowest BCUT2D eigenvalue weighted by Gasteiger charge is -2.16. The summed E-state index contributed by atoms with van der Waals surface area (Å²) >= 11 is 0. The van der Waals surface area contributed by atoms with E-state index >= 15 is 0 Å². The van der Waals surface area contributed by atoms with Crippen LogP contribution in [0.3, 0.4) is 0 Å². The molecule has 1 atom stereocenters. The fourth-order valence-corrected chi connectivity index (χ4v) is 1.91. The molecule has 0 spiro atoms. The maximum absolute atomic E-state index is 12.1. The molecule has 0 bridgehead atoms. The molecule has 6 heteroatoms. The lowest BCUT2D eigenvalue weighted by Crippen LogP contribution is -2.30. The first-order valence-electron chi connectivity index (χ1n) is 5.61. The van der Waals surface area contributed by atoms with Crippen molar-refractivity contribution in [3.05, 3.63) is 35.9 Å². The number of nitrogens with one attached hydrogen (secondary N) is 1. The van der Waals surface area contributed by atoms with Gasteiger partial charge in [0.25, 0.3) is 0 Å². The van der Waals surface area contributed by atoms with E-state index in [4.69, 9.17) is 0 Å². The average Bonchev–Trinajstić information content (AvgIpc) is 2.68. The number of carbonyl (C=O) groups is 1. The van der Waals surface area contributed by atoms with Crippen molar-refractivity contribution < 1.29 is 18.0 Å². The molecule has 1 N–H and O–H groups in total. The molecule has 98 valence electrons. The molecule has 1 unspecified atom stereocenters. The highest BCUT2D eigenvalue weighted by molar-refractivity contribution is 5.85. The molecule has 1 aromatic carbocycles. The Balaban J connectivity index is 1.98. The van der Waals surface area contributed by atoms with Gasteiger partial charge >= 0.3 is 6.18 Å². The lowest BCUT2D eigenvalue weighted by atomic mass is 10.1. The SMILES string of the molecule is O=C1C(c2ccccc2)NCN1CCC(F)(F)F. The normalized spacial score (nSPS) is 20.5. The Labute approximate surface area is 103 Å². The van der Waals surface area contributed by atoms with E-state index in [1.807, 2.05) is 6.07 Å². The number of hydrogen-bond acceptors (Lipinski definition) is 2. The van der Waals surface area contributed by atoms with Crippen LogP contribution < -0.4 is 5.32 Å². The fraction of sp³-hybridized carbons (Fsp3) is 0.417. The van der Waals surface area contributed by atoms with Crippen LogP contribution >= 0.6 is 0 Å². The van der Waals surface area contributed by atoms with Gasteiger partial charge in [0, 0.05) is 6.54 Å². The van der Waals surface area contributed by atoms with Crippen molar-refractivity contribution in [2.24, 2.45) is 0 Å². The Morgan fingerprint density at radius 1 is 1.28 bits per heavy atom. The third kappa shape index (κ3) is 3.01. The summed E-state index contributed by atoms with van der Waals surface area (Å²) in [7, 11) is 0. The van der Waals surface area contributed by atoms with Crippen molar-refractivity contribution in [2.45, 2.75) is 18.6 Å². The minimum Gasteiger partial charge on any atom is -0.328 e. The number of halogens is 3. The second kappa shape index (κ2) is 4.97. The van der Waals surface area contributed by atoms with Crippen LogP contribution in [0.1, 0.15) is 18.0 Å². The smallest absolute Gasteiger partial charge is 0.328 e. The molecule has 1 aliphatic heterocycles. The molecule has 1 saturated heterocycles. The van der Waals surface area contributed by atoms with Gasteiger partial charge in [0.05, 0.1) is 13.1 Å². The summed E-state index contributed by atoms with van der Waals surface area (Å²) < 4.78 is 36.3. The van der Waals surface area contributed by atoms with Crippen LogP contribution in [-0.4, -0.2) is 30.2 Å². The molecular weight excluding hydrogens is 245 g/mol. The molecule has 1 amide bonds. The molecular formula is C12H13F3N2O. The van der Waals surface area contributed by atoms with Crippen molar-refractivity contribution in [3.63, 3.8) is 0 Å². The number of nitrogens with zero attached hydrogens (tertiary/aromatic N) is 1. The quantitative estimate of drug-likeness (QED) is 0.900. The minimum atomic E-state index is -4.23. The van der Waals surface area contributed by atoms with Gasteiger partial charge in [0.1, 0.15) is 6.04 Å². The second-order valence-electron chi connectivity index (χ2n) is 4.17. The van der Waals surface area contributed by atoms with E-state index < -0.39 is 18.6 Å². The highest BCUT2D eigenvalue weighted by Crippen LogP contribution is 2.24. The Bertz CT molecular complexity index is 419. The molecule has 0 aliphatic carbocycles. The zero-order chi connectivity index (χ0) is 13.2. The average molecular weight is 258 g/mol. The van der Waals surface area contributed by atoms with Crippen molar-refractivity contribution >= 4 is 5.91 Å². The largest absolute Gasteiger partial charge is 0.390 e. The van der Waals surface area contributed by atoms with Crippen LogP contribution in [0.15, 0.2) is 30.3 Å². The summed E-state index contributed by atoms with van der Waals surface area (Å²) in [6, 6.07) is 8.45. The number of amides is 1. The monoisotopic (exact) mass is 258 g/mol. The number of benzene rings is 1. The molecule has 0 aromatic heterocycles. The van der Waals surface area contributed by atoms with E-state index in [9.17, 15) is 18.0 Å². The standard InChI is InChI=1S/C12H13F3N2O/c13-12(14,15)6-7-17-8-16-10(11(17)18)9-4-2-1-3-5-9/h1-5,10,16H,6-8H2. The summed E-state index contributed by atoms with van der Waals surface area (Å²) in [6.45, 7) is -0.132. The molecule has 1 fully saturated rings. The third-order valence-electron chi connectivity index (χ3n) is 2.84. The van der Waals surface area contributed by atoms with E-state index in [1.54, 1.807) is 24.3 Å². The minimum absolute atomic E-state index is 0.161. The Kier molecular flexibility index (Phi) is 3.56. The van der Waals surface area contributed by atoms with Crippen molar-refractivity contribution in [1.82, 2.24) is 10.2 Å². The van der Waals surface area contributed by atoms with Gasteiger partial charge in [0.2, 0.25) is 5.91 Å². The van der Waals surface area contributed by atoms with E-state index in [0.717, 1.165) is 5.56 Å². The van der Waals surface area contributed by atoms with Gasteiger partial charge in [-0.1, -0.05) is 30.3 Å². The number of rotatable bonds is 3. The van der Waals surface area contributed by atoms with Crippen LogP contribution in [0, 0.1) is 0 Å². The summed E-state index contributed by atoms with van der Waals surface area (Å²) in [5.41, 5.74) is 0.775. The Hall–Kier alpha value is -1.56. The summed E-state index contributed by atoms with van der Waals surface area (Å²) in [6.07, 6.45) is -5.20. The fourth-order valence-electron chi connectivity index (χ4n) is 1.91.